The van der Waals surface area contributed by atoms with Crippen molar-refractivity contribution in [3.05, 3.63) is 72.3 Å². The van der Waals surface area contributed by atoms with Crippen molar-refractivity contribution in [2.24, 2.45) is 4.99 Å². The first-order valence-electron chi connectivity index (χ1n) is 8.55. The molecule has 0 aliphatic rings. The lowest BCUT2D eigenvalue weighted by atomic mass is 10.1. The molecule has 2 aromatic carbocycles. The van der Waals surface area contributed by atoms with E-state index in [0.29, 0.717) is 12.2 Å². The summed E-state index contributed by atoms with van der Waals surface area (Å²) in [7, 11) is 1.48. The van der Waals surface area contributed by atoms with Crippen LogP contribution in [0.25, 0.3) is 0 Å². The topological polar surface area (TPSA) is 30.8 Å². The van der Waals surface area contributed by atoms with E-state index in [0.717, 1.165) is 6.42 Å². The van der Waals surface area contributed by atoms with E-state index in [9.17, 15) is 13.2 Å². The van der Waals surface area contributed by atoms with Crippen LogP contribution < -0.4 is 4.74 Å². The number of benzene rings is 2. The largest absolute Gasteiger partial charge is 0.497 e. The number of aryl methyl sites for hydroxylation is 1. The van der Waals surface area contributed by atoms with Gasteiger partial charge in [-0.25, -0.2) is 4.99 Å². The smallest absolute Gasteiger partial charge is 0.468 e. The molecule has 0 unspecified atom stereocenters. The summed E-state index contributed by atoms with van der Waals surface area (Å²) in [5.74, 6) is -0.731. The highest BCUT2D eigenvalue weighted by Crippen LogP contribution is 2.25. The SMILES string of the molecule is COc1ccc(N=C(O[C@H](C)/C=C/CCc2ccccc2)C(F)(F)F)cc1. The molecule has 0 aliphatic carbocycles. The van der Waals surface area contributed by atoms with E-state index >= 15 is 0 Å². The second kappa shape index (κ2) is 9.80. The maximum atomic E-state index is 13.2. The van der Waals surface area contributed by atoms with Crippen molar-refractivity contribution in [3.8, 4) is 5.75 Å². The Kier molecular flexibility index (Phi) is 7.46. The average Bonchev–Trinajstić information content (AvgIpc) is 2.65. The van der Waals surface area contributed by atoms with Crippen LogP contribution in [0, 0.1) is 0 Å². The Morgan fingerprint density at radius 1 is 1.07 bits per heavy atom. The predicted molar refractivity (Wildman–Crippen MR) is 101 cm³/mol. The Bertz CT molecular complexity index is 753. The summed E-state index contributed by atoms with van der Waals surface area (Å²) in [6.45, 7) is 1.55. The summed E-state index contributed by atoms with van der Waals surface area (Å²) in [4.78, 5) is 3.60. The van der Waals surface area contributed by atoms with Gasteiger partial charge in [0.05, 0.1) is 12.8 Å². The summed E-state index contributed by atoms with van der Waals surface area (Å²) in [6.07, 6.45) is -0.465. The fraction of sp³-hybridized carbons (Fsp3) is 0.286. The lowest BCUT2D eigenvalue weighted by Crippen LogP contribution is -2.28. The van der Waals surface area contributed by atoms with Gasteiger partial charge in [0.2, 0.25) is 0 Å². The van der Waals surface area contributed by atoms with Gasteiger partial charge in [0.25, 0.3) is 5.90 Å². The van der Waals surface area contributed by atoms with E-state index in [1.807, 2.05) is 36.4 Å². The number of aliphatic imine (C=N–C) groups is 1. The minimum absolute atomic E-state index is 0.142. The quantitative estimate of drug-likeness (QED) is 0.343. The van der Waals surface area contributed by atoms with Crippen LogP contribution in [0.3, 0.4) is 0 Å². The number of allylic oxidation sites excluding steroid dienone is 1. The standard InChI is InChI=1S/C21H22F3NO2/c1-16(8-6-7-11-17-9-4-3-5-10-17)27-20(21(22,23)24)25-18-12-14-19(26-2)15-13-18/h3-6,8-10,12-16H,7,11H2,1-2H3/b8-6+,25-20?/t16-/m1/s1. The number of rotatable bonds is 7. The van der Waals surface area contributed by atoms with Crippen molar-refractivity contribution < 1.29 is 22.6 Å². The van der Waals surface area contributed by atoms with Crippen molar-refractivity contribution in [1.29, 1.82) is 0 Å². The van der Waals surface area contributed by atoms with Crippen molar-refractivity contribution >= 4 is 11.6 Å². The third-order valence-electron chi connectivity index (χ3n) is 3.69. The Hall–Kier alpha value is -2.76. The summed E-state index contributed by atoms with van der Waals surface area (Å²) >= 11 is 0. The first-order chi connectivity index (χ1) is 12.9. The second-order valence-corrected chi connectivity index (χ2v) is 5.89. The lowest BCUT2D eigenvalue weighted by molar-refractivity contribution is -0.0804. The van der Waals surface area contributed by atoms with Crippen LogP contribution in [-0.4, -0.2) is 25.3 Å². The number of hydrogen-bond donors (Lipinski definition) is 0. The number of methoxy groups -OCH3 is 1. The van der Waals surface area contributed by atoms with Gasteiger partial charge >= 0.3 is 6.18 Å². The predicted octanol–water partition coefficient (Wildman–Crippen LogP) is 5.88. The lowest BCUT2D eigenvalue weighted by Gasteiger charge is -2.15. The minimum atomic E-state index is -4.67. The van der Waals surface area contributed by atoms with Gasteiger partial charge in [0.1, 0.15) is 11.9 Å². The monoisotopic (exact) mass is 377 g/mol. The van der Waals surface area contributed by atoms with Gasteiger partial charge < -0.3 is 9.47 Å². The number of halogens is 3. The molecule has 2 aromatic rings. The highest BCUT2D eigenvalue weighted by atomic mass is 19.4. The molecule has 0 heterocycles. The molecule has 0 fully saturated rings. The van der Waals surface area contributed by atoms with Gasteiger partial charge in [0, 0.05) is 0 Å². The molecular formula is C21H22F3NO2. The van der Waals surface area contributed by atoms with E-state index in [1.165, 1.54) is 24.8 Å². The number of hydrogen-bond acceptors (Lipinski definition) is 3. The molecule has 0 aliphatic heterocycles. The molecule has 0 saturated heterocycles. The van der Waals surface area contributed by atoms with Crippen LogP contribution in [0.5, 0.6) is 5.75 Å². The number of alkyl halides is 3. The maximum absolute atomic E-state index is 13.2. The number of ether oxygens (including phenoxy) is 2. The van der Waals surface area contributed by atoms with Gasteiger partial charge in [-0.15, -0.1) is 0 Å². The van der Waals surface area contributed by atoms with E-state index < -0.39 is 18.2 Å². The van der Waals surface area contributed by atoms with Crippen LogP contribution >= 0.6 is 0 Å². The molecule has 27 heavy (non-hydrogen) atoms. The molecule has 0 radical (unpaired) electrons. The first kappa shape index (κ1) is 20.6. The molecule has 0 bridgehead atoms. The number of nitrogens with zero attached hydrogens (tertiary/aromatic N) is 1. The minimum Gasteiger partial charge on any atom is -0.497 e. The van der Waals surface area contributed by atoms with Crippen molar-refractivity contribution in [1.82, 2.24) is 0 Å². The molecule has 0 spiro atoms. The highest BCUT2D eigenvalue weighted by Gasteiger charge is 2.39. The van der Waals surface area contributed by atoms with Crippen molar-refractivity contribution in [2.75, 3.05) is 7.11 Å². The molecule has 6 heteroatoms. The van der Waals surface area contributed by atoms with Crippen LogP contribution in [0.15, 0.2) is 71.7 Å². The molecule has 1 atom stereocenters. The van der Waals surface area contributed by atoms with Crippen molar-refractivity contribution in [2.45, 2.75) is 32.0 Å². The van der Waals surface area contributed by atoms with Gasteiger partial charge in [-0.05, 0) is 55.7 Å². The summed E-state index contributed by atoms with van der Waals surface area (Å²) in [6, 6.07) is 15.8. The molecule has 0 N–H and O–H groups in total. The van der Waals surface area contributed by atoms with Gasteiger partial charge in [-0.2, -0.15) is 13.2 Å². The zero-order valence-corrected chi connectivity index (χ0v) is 15.2. The van der Waals surface area contributed by atoms with Crippen LogP contribution in [-0.2, 0) is 11.2 Å². The van der Waals surface area contributed by atoms with Crippen molar-refractivity contribution in [3.63, 3.8) is 0 Å². The Labute approximate surface area is 157 Å². The Balaban J connectivity index is 1.98. The van der Waals surface area contributed by atoms with Gasteiger partial charge in [-0.3, -0.25) is 0 Å². The van der Waals surface area contributed by atoms with Gasteiger partial charge in [-0.1, -0.05) is 36.4 Å². The molecule has 0 aromatic heterocycles. The van der Waals surface area contributed by atoms with Crippen LogP contribution in [0.2, 0.25) is 0 Å². The Morgan fingerprint density at radius 3 is 2.33 bits per heavy atom. The van der Waals surface area contributed by atoms with E-state index in [4.69, 9.17) is 9.47 Å². The fourth-order valence-electron chi connectivity index (χ4n) is 2.33. The van der Waals surface area contributed by atoms with E-state index in [-0.39, 0.29) is 5.69 Å². The fourth-order valence-corrected chi connectivity index (χ4v) is 2.33. The summed E-state index contributed by atoms with van der Waals surface area (Å²) < 4.78 is 49.7. The van der Waals surface area contributed by atoms with Crippen LogP contribution in [0.4, 0.5) is 18.9 Å². The third-order valence-corrected chi connectivity index (χ3v) is 3.69. The first-order valence-corrected chi connectivity index (χ1v) is 8.55. The third kappa shape index (κ3) is 7.17. The molecule has 3 nitrogen and oxygen atoms in total. The van der Waals surface area contributed by atoms with E-state index in [1.54, 1.807) is 25.1 Å². The molecule has 144 valence electrons. The normalized spacial score (nSPS) is 13.6. The Morgan fingerprint density at radius 2 is 1.74 bits per heavy atom. The summed E-state index contributed by atoms with van der Waals surface area (Å²) in [5, 5.41) is 0. The molecule has 0 amide bonds. The van der Waals surface area contributed by atoms with Crippen LogP contribution in [0.1, 0.15) is 18.9 Å². The zero-order chi connectivity index (χ0) is 19.7. The molecule has 0 saturated carbocycles. The second-order valence-electron chi connectivity index (χ2n) is 5.89. The average molecular weight is 377 g/mol. The molecule has 2 rings (SSSR count). The highest BCUT2D eigenvalue weighted by molar-refractivity contribution is 5.84. The maximum Gasteiger partial charge on any atom is 0.468 e. The van der Waals surface area contributed by atoms with E-state index in [2.05, 4.69) is 4.99 Å². The zero-order valence-electron chi connectivity index (χ0n) is 15.2. The summed E-state index contributed by atoms with van der Waals surface area (Å²) in [5.41, 5.74) is 1.32. The van der Waals surface area contributed by atoms with Gasteiger partial charge in [0.15, 0.2) is 0 Å². The molecular weight excluding hydrogens is 355 g/mol.